The lowest BCUT2D eigenvalue weighted by Crippen LogP contribution is -2.02. The van der Waals surface area contributed by atoms with Crippen molar-refractivity contribution < 1.29 is 23.4 Å². The highest BCUT2D eigenvalue weighted by Crippen LogP contribution is 2.21. The predicted molar refractivity (Wildman–Crippen MR) is 39.9 cm³/mol. The second kappa shape index (κ2) is 3.38. The van der Waals surface area contributed by atoms with E-state index in [-0.39, 0.29) is 5.75 Å². The first-order valence-electron chi connectivity index (χ1n) is 3.32. The Hall–Kier alpha value is -1.65. The topological polar surface area (TPSA) is 46.5 Å². The average molecular weight is 188 g/mol. The van der Waals surface area contributed by atoms with Crippen LogP contribution in [0.25, 0.3) is 0 Å². The molecule has 0 fully saturated rings. The van der Waals surface area contributed by atoms with Crippen molar-refractivity contribution in [3.05, 3.63) is 29.3 Å². The molecule has 0 heterocycles. The van der Waals surface area contributed by atoms with Crippen LogP contribution in [0.4, 0.5) is 8.78 Å². The molecular formula is C8H6F2O3. The van der Waals surface area contributed by atoms with Crippen molar-refractivity contribution in [3.63, 3.8) is 0 Å². The largest absolute Gasteiger partial charge is 0.494 e. The molecule has 0 aliphatic heterocycles. The Morgan fingerprint density at radius 1 is 1.38 bits per heavy atom. The molecule has 5 heteroatoms. The van der Waals surface area contributed by atoms with Gasteiger partial charge in [-0.1, -0.05) is 0 Å². The van der Waals surface area contributed by atoms with Gasteiger partial charge in [0.1, 0.15) is 5.82 Å². The molecule has 70 valence electrons. The molecule has 1 rings (SSSR count). The van der Waals surface area contributed by atoms with Gasteiger partial charge in [0.25, 0.3) is 0 Å². The van der Waals surface area contributed by atoms with Crippen molar-refractivity contribution in [3.8, 4) is 5.75 Å². The minimum atomic E-state index is -1.46. The van der Waals surface area contributed by atoms with E-state index in [1.54, 1.807) is 0 Å². The van der Waals surface area contributed by atoms with Crippen LogP contribution in [0.2, 0.25) is 0 Å². The average Bonchev–Trinajstić information content (AvgIpc) is 2.03. The first kappa shape index (κ1) is 9.44. The van der Waals surface area contributed by atoms with Gasteiger partial charge in [-0.05, 0) is 0 Å². The SMILES string of the molecule is COc1cc(C(=O)O)c(F)cc1F. The Labute approximate surface area is 72.6 Å². The second-order valence-corrected chi connectivity index (χ2v) is 2.27. The van der Waals surface area contributed by atoms with E-state index in [1.165, 1.54) is 7.11 Å². The number of carbonyl (C=O) groups is 1. The number of ether oxygens (including phenoxy) is 1. The van der Waals surface area contributed by atoms with Crippen LogP contribution < -0.4 is 4.74 Å². The smallest absolute Gasteiger partial charge is 0.338 e. The molecule has 3 nitrogen and oxygen atoms in total. The molecule has 1 aromatic rings. The van der Waals surface area contributed by atoms with Crippen LogP contribution >= 0.6 is 0 Å². The molecule has 0 saturated heterocycles. The molecule has 0 unspecified atom stereocenters. The third-order valence-electron chi connectivity index (χ3n) is 1.47. The highest BCUT2D eigenvalue weighted by Gasteiger charge is 2.15. The summed E-state index contributed by atoms with van der Waals surface area (Å²) in [4.78, 5) is 10.4. The summed E-state index contributed by atoms with van der Waals surface area (Å²) < 4.78 is 30.0. The number of carboxylic acids is 1. The molecule has 0 saturated carbocycles. The maximum atomic E-state index is 12.7. The van der Waals surface area contributed by atoms with Crippen molar-refractivity contribution in [1.29, 1.82) is 0 Å². The molecule has 0 aliphatic carbocycles. The van der Waals surface area contributed by atoms with Crippen molar-refractivity contribution in [2.24, 2.45) is 0 Å². The number of rotatable bonds is 2. The molecule has 0 bridgehead atoms. The quantitative estimate of drug-likeness (QED) is 0.767. The molecule has 0 radical (unpaired) electrons. The summed E-state index contributed by atoms with van der Waals surface area (Å²) >= 11 is 0. The summed E-state index contributed by atoms with van der Waals surface area (Å²) in [5, 5.41) is 8.46. The van der Waals surface area contributed by atoms with Crippen molar-refractivity contribution in [1.82, 2.24) is 0 Å². The van der Waals surface area contributed by atoms with Gasteiger partial charge in [0.15, 0.2) is 11.6 Å². The van der Waals surface area contributed by atoms with Crippen LogP contribution in [0, 0.1) is 11.6 Å². The monoisotopic (exact) mass is 188 g/mol. The van der Waals surface area contributed by atoms with E-state index in [4.69, 9.17) is 5.11 Å². The molecule has 0 atom stereocenters. The number of hydrogen-bond donors (Lipinski definition) is 1. The number of hydrogen-bond acceptors (Lipinski definition) is 2. The lowest BCUT2D eigenvalue weighted by atomic mass is 10.2. The van der Waals surface area contributed by atoms with E-state index in [9.17, 15) is 13.6 Å². The minimum absolute atomic E-state index is 0.293. The summed E-state index contributed by atoms with van der Waals surface area (Å²) in [6.45, 7) is 0. The number of halogens is 2. The molecule has 0 aliphatic rings. The third-order valence-corrected chi connectivity index (χ3v) is 1.47. The Morgan fingerprint density at radius 2 is 2.00 bits per heavy atom. The van der Waals surface area contributed by atoms with Gasteiger partial charge in [-0.3, -0.25) is 0 Å². The van der Waals surface area contributed by atoms with Crippen LogP contribution in [0.5, 0.6) is 5.75 Å². The number of benzene rings is 1. The fourth-order valence-corrected chi connectivity index (χ4v) is 0.849. The summed E-state index contributed by atoms with van der Waals surface area (Å²) in [5.74, 6) is -3.80. The van der Waals surface area contributed by atoms with Crippen LogP contribution in [0.1, 0.15) is 10.4 Å². The standard InChI is InChI=1S/C8H6F2O3/c1-13-7-2-4(8(11)12)5(9)3-6(7)10/h2-3H,1H3,(H,11,12). The van der Waals surface area contributed by atoms with Crippen LogP contribution in [-0.2, 0) is 0 Å². The van der Waals surface area contributed by atoms with Gasteiger partial charge in [0.05, 0.1) is 12.7 Å². The lowest BCUT2D eigenvalue weighted by Gasteiger charge is -2.03. The normalized spacial score (nSPS) is 9.77. The zero-order valence-electron chi connectivity index (χ0n) is 6.67. The van der Waals surface area contributed by atoms with Gasteiger partial charge in [-0.15, -0.1) is 0 Å². The molecule has 1 aromatic carbocycles. The van der Waals surface area contributed by atoms with E-state index in [0.717, 1.165) is 6.07 Å². The first-order chi connectivity index (χ1) is 6.06. The number of aromatic carboxylic acids is 1. The lowest BCUT2D eigenvalue weighted by molar-refractivity contribution is 0.0691. The fourth-order valence-electron chi connectivity index (χ4n) is 0.849. The molecule has 0 amide bonds. The van der Waals surface area contributed by atoms with Gasteiger partial charge in [0, 0.05) is 12.1 Å². The highest BCUT2D eigenvalue weighted by molar-refractivity contribution is 5.88. The van der Waals surface area contributed by atoms with Gasteiger partial charge in [-0.2, -0.15) is 0 Å². The van der Waals surface area contributed by atoms with Gasteiger partial charge in [-0.25, -0.2) is 13.6 Å². The van der Waals surface area contributed by atoms with Crippen LogP contribution in [0.3, 0.4) is 0 Å². The number of carboxylic acid groups (broad SMARTS) is 1. The van der Waals surface area contributed by atoms with Crippen molar-refractivity contribution >= 4 is 5.97 Å². The Balaban J connectivity index is 3.30. The maximum Gasteiger partial charge on any atom is 0.338 e. The molecule has 13 heavy (non-hydrogen) atoms. The summed E-state index contributed by atoms with van der Waals surface area (Å²) in [5.41, 5.74) is -0.613. The Morgan fingerprint density at radius 3 is 2.46 bits per heavy atom. The Bertz CT molecular complexity index is 349. The highest BCUT2D eigenvalue weighted by atomic mass is 19.1. The van der Waals surface area contributed by atoms with Crippen LogP contribution in [0.15, 0.2) is 12.1 Å². The van der Waals surface area contributed by atoms with Gasteiger partial charge < -0.3 is 9.84 Å². The van der Waals surface area contributed by atoms with E-state index in [0.29, 0.717) is 6.07 Å². The van der Waals surface area contributed by atoms with E-state index < -0.39 is 23.2 Å². The van der Waals surface area contributed by atoms with E-state index in [2.05, 4.69) is 4.74 Å². The zero-order valence-corrected chi connectivity index (χ0v) is 6.67. The minimum Gasteiger partial charge on any atom is -0.494 e. The number of methoxy groups -OCH3 is 1. The van der Waals surface area contributed by atoms with Crippen molar-refractivity contribution in [2.45, 2.75) is 0 Å². The first-order valence-corrected chi connectivity index (χ1v) is 3.32. The van der Waals surface area contributed by atoms with E-state index in [1.807, 2.05) is 0 Å². The van der Waals surface area contributed by atoms with Crippen LogP contribution in [-0.4, -0.2) is 18.2 Å². The molecular weight excluding hydrogens is 182 g/mol. The summed E-state index contributed by atoms with van der Waals surface area (Å²) in [6.07, 6.45) is 0. The van der Waals surface area contributed by atoms with E-state index >= 15 is 0 Å². The second-order valence-electron chi connectivity index (χ2n) is 2.27. The fraction of sp³-hybridized carbons (Fsp3) is 0.125. The van der Waals surface area contributed by atoms with Gasteiger partial charge >= 0.3 is 5.97 Å². The summed E-state index contributed by atoms with van der Waals surface area (Å²) in [7, 11) is 1.17. The van der Waals surface area contributed by atoms with Gasteiger partial charge in [0.2, 0.25) is 0 Å². The molecule has 0 spiro atoms. The zero-order chi connectivity index (χ0) is 10.0. The Kier molecular flexibility index (Phi) is 2.46. The maximum absolute atomic E-state index is 12.7. The van der Waals surface area contributed by atoms with Crippen molar-refractivity contribution in [2.75, 3.05) is 7.11 Å². The summed E-state index contributed by atoms with van der Waals surface area (Å²) in [6, 6.07) is 1.27. The predicted octanol–water partition coefficient (Wildman–Crippen LogP) is 1.67. The third kappa shape index (κ3) is 1.74. The molecule has 0 aromatic heterocycles. The molecule has 1 N–H and O–H groups in total.